The Morgan fingerprint density at radius 1 is 1.00 bits per heavy atom. The zero-order chi connectivity index (χ0) is 15.8. The summed E-state index contributed by atoms with van der Waals surface area (Å²) in [6.45, 7) is 2.31. The number of rotatable bonds is 3. The second-order valence-electron chi connectivity index (χ2n) is 8.17. The fourth-order valence-electron chi connectivity index (χ4n) is 5.58. The highest BCUT2D eigenvalue weighted by Gasteiger charge is 2.39. The van der Waals surface area contributed by atoms with Crippen LogP contribution in [0, 0.1) is 23.7 Å². The van der Waals surface area contributed by atoms with Crippen molar-refractivity contribution in [1.29, 1.82) is 0 Å². The van der Waals surface area contributed by atoms with Gasteiger partial charge in [-0.25, -0.2) is 4.39 Å². The summed E-state index contributed by atoms with van der Waals surface area (Å²) in [7, 11) is 0. The predicted octanol–water partition coefficient (Wildman–Crippen LogP) is 6.56. The van der Waals surface area contributed by atoms with Crippen LogP contribution in [-0.2, 0) is 6.42 Å². The molecular formula is C22H29F. The molecule has 0 nitrogen and oxygen atoms in total. The van der Waals surface area contributed by atoms with E-state index in [0.29, 0.717) is 5.92 Å². The van der Waals surface area contributed by atoms with Crippen molar-refractivity contribution in [1.82, 2.24) is 0 Å². The molecule has 2 saturated carbocycles. The third-order valence-electron chi connectivity index (χ3n) is 6.82. The van der Waals surface area contributed by atoms with Gasteiger partial charge in [-0.1, -0.05) is 56.9 Å². The Labute approximate surface area is 140 Å². The summed E-state index contributed by atoms with van der Waals surface area (Å²) in [6, 6.07) is 8.12. The number of halogens is 1. The maximum absolute atomic E-state index is 14.9. The summed E-state index contributed by atoms with van der Waals surface area (Å²) >= 11 is 0. The number of hydrogen-bond acceptors (Lipinski definition) is 0. The normalized spacial score (nSPS) is 33.5. The molecule has 1 aromatic rings. The summed E-state index contributed by atoms with van der Waals surface area (Å²) in [5, 5.41) is 0. The summed E-state index contributed by atoms with van der Waals surface area (Å²) in [4.78, 5) is 0. The number of benzene rings is 1. The van der Waals surface area contributed by atoms with Gasteiger partial charge in [0.25, 0.3) is 0 Å². The smallest absolute Gasteiger partial charge is 0.130 e. The van der Waals surface area contributed by atoms with E-state index >= 15 is 0 Å². The fraction of sp³-hybridized carbons (Fsp3) is 0.636. The summed E-state index contributed by atoms with van der Waals surface area (Å²) in [6.07, 6.45) is 11.7. The second kappa shape index (κ2) is 6.42. The van der Waals surface area contributed by atoms with Crippen LogP contribution in [0.25, 0.3) is 5.83 Å². The predicted molar refractivity (Wildman–Crippen MR) is 94.7 cm³/mol. The van der Waals surface area contributed by atoms with Crippen LogP contribution in [0.1, 0.15) is 69.4 Å². The molecule has 124 valence electrons. The molecule has 0 saturated heterocycles. The molecule has 3 aliphatic rings. The average molecular weight is 312 g/mol. The Bertz CT molecular complexity index is 592. The average Bonchev–Trinajstić information content (AvgIpc) is 3.00. The molecule has 0 bridgehead atoms. The Morgan fingerprint density at radius 3 is 2.57 bits per heavy atom. The lowest BCUT2D eigenvalue weighted by molar-refractivity contribution is 0.196. The van der Waals surface area contributed by atoms with Crippen molar-refractivity contribution in [2.45, 2.75) is 64.7 Å². The van der Waals surface area contributed by atoms with Gasteiger partial charge in [0.1, 0.15) is 5.83 Å². The molecule has 0 spiro atoms. The number of fused-ring (bicyclic) bond motifs is 2. The van der Waals surface area contributed by atoms with E-state index in [0.717, 1.165) is 41.7 Å². The van der Waals surface area contributed by atoms with Gasteiger partial charge in [-0.05, 0) is 66.9 Å². The van der Waals surface area contributed by atoms with Gasteiger partial charge < -0.3 is 0 Å². The van der Waals surface area contributed by atoms with Crippen LogP contribution < -0.4 is 0 Å². The first kappa shape index (κ1) is 15.4. The Morgan fingerprint density at radius 2 is 1.78 bits per heavy atom. The molecule has 2 fully saturated rings. The molecule has 3 aliphatic carbocycles. The molecule has 2 atom stereocenters. The maximum atomic E-state index is 14.9. The van der Waals surface area contributed by atoms with Crippen LogP contribution in [0.5, 0.6) is 0 Å². The van der Waals surface area contributed by atoms with Crippen molar-refractivity contribution in [3.8, 4) is 0 Å². The lowest BCUT2D eigenvalue weighted by Gasteiger charge is -2.32. The molecule has 0 aliphatic heterocycles. The molecule has 0 amide bonds. The highest BCUT2D eigenvalue weighted by atomic mass is 19.1. The van der Waals surface area contributed by atoms with Gasteiger partial charge in [-0.3, -0.25) is 0 Å². The SMILES string of the molecule is CCCC1CCC(C2CC3=C(F)c4ccccc4CC3C2)CC1. The molecule has 23 heavy (non-hydrogen) atoms. The Kier molecular flexibility index (Phi) is 4.30. The monoisotopic (exact) mass is 312 g/mol. The Balaban J connectivity index is 1.46. The topological polar surface area (TPSA) is 0 Å². The molecule has 2 unspecified atom stereocenters. The molecule has 0 heterocycles. The molecule has 4 rings (SSSR count). The molecular weight excluding hydrogens is 283 g/mol. The van der Waals surface area contributed by atoms with Crippen molar-refractivity contribution < 1.29 is 4.39 Å². The highest BCUT2D eigenvalue weighted by molar-refractivity contribution is 5.68. The van der Waals surface area contributed by atoms with Gasteiger partial charge in [0, 0.05) is 5.56 Å². The third kappa shape index (κ3) is 2.88. The summed E-state index contributed by atoms with van der Waals surface area (Å²) in [5.74, 6) is 3.19. The van der Waals surface area contributed by atoms with E-state index in [1.54, 1.807) is 0 Å². The standard InChI is InChI=1S/C22H29F/c1-2-5-15-8-10-16(11-9-15)18-13-19-12-17-6-3-4-7-20(17)22(23)21(19)14-18/h3-4,6-7,15-16,18-19H,2,5,8-14H2,1H3. The van der Waals surface area contributed by atoms with Crippen LogP contribution in [0.15, 0.2) is 29.8 Å². The number of hydrogen-bond donors (Lipinski definition) is 0. The van der Waals surface area contributed by atoms with Crippen LogP contribution in [-0.4, -0.2) is 0 Å². The van der Waals surface area contributed by atoms with Crippen molar-refractivity contribution in [2.24, 2.45) is 23.7 Å². The van der Waals surface area contributed by atoms with E-state index in [9.17, 15) is 4.39 Å². The van der Waals surface area contributed by atoms with Gasteiger partial charge >= 0.3 is 0 Å². The first-order chi connectivity index (χ1) is 11.3. The van der Waals surface area contributed by atoms with Gasteiger partial charge in [0.05, 0.1) is 0 Å². The molecule has 1 aromatic carbocycles. The molecule has 0 aromatic heterocycles. The van der Waals surface area contributed by atoms with Crippen LogP contribution in [0.2, 0.25) is 0 Å². The van der Waals surface area contributed by atoms with E-state index in [1.807, 2.05) is 12.1 Å². The minimum Gasteiger partial charge on any atom is -0.206 e. The van der Waals surface area contributed by atoms with E-state index in [4.69, 9.17) is 0 Å². The quantitative estimate of drug-likeness (QED) is 0.593. The summed E-state index contributed by atoms with van der Waals surface area (Å²) < 4.78 is 14.9. The van der Waals surface area contributed by atoms with E-state index in [2.05, 4.69) is 19.1 Å². The third-order valence-corrected chi connectivity index (χ3v) is 6.82. The van der Waals surface area contributed by atoms with Gasteiger partial charge in [-0.15, -0.1) is 0 Å². The van der Waals surface area contributed by atoms with Crippen molar-refractivity contribution in [3.63, 3.8) is 0 Å². The van der Waals surface area contributed by atoms with Gasteiger partial charge in [0.2, 0.25) is 0 Å². The first-order valence-corrected chi connectivity index (χ1v) is 9.73. The molecule has 0 radical (unpaired) electrons. The zero-order valence-corrected chi connectivity index (χ0v) is 14.4. The number of allylic oxidation sites excluding steroid dienone is 1. The highest BCUT2D eigenvalue weighted by Crippen LogP contribution is 2.51. The molecule has 0 N–H and O–H groups in total. The minimum absolute atomic E-state index is 0.124. The van der Waals surface area contributed by atoms with Gasteiger partial charge in [0.15, 0.2) is 0 Å². The lowest BCUT2D eigenvalue weighted by atomic mass is 9.74. The maximum Gasteiger partial charge on any atom is 0.130 e. The van der Waals surface area contributed by atoms with Crippen molar-refractivity contribution in [3.05, 3.63) is 41.0 Å². The van der Waals surface area contributed by atoms with Crippen molar-refractivity contribution in [2.75, 3.05) is 0 Å². The first-order valence-electron chi connectivity index (χ1n) is 9.73. The van der Waals surface area contributed by atoms with Gasteiger partial charge in [-0.2, -0.15) is 0 Å². The second-order valence-corrected chi connectivity index (χ2v) is 8.17. The van der Waals surface area contributed by atoms with E-state index in [-0.39, 0.29) is 5.83 Å². The molecule has 1 heteroatoms. The largest absolute Gasteiger partial charge is 0.206 e. The van der Waals surface area contributed by atoms with Crippen molar-refractivity contribution >= 4 is 5.83 Å². The van der Waals surface area contributed by atoms with E-state index in [1.165, 1.54) is 50.5 Å². The zero-order valence-electron chi connectivity index (χ0n) is 14.4. The van der Waals surface area contributed by atoms with Crippen LogP contribution in [0.3, 0.4) is 0 Å². The van der Waals surface area contributed by atoms with Crippen LogP contribution in [0.4, 0.5) is 4.39 Å². The lowest BCUT2D eigenvalue weighted by Crippen LogP contribution is -2.20. The minimum atomic E-state index is 0.124. The summed E-state index contributed by atoms with van der Waals surface area (Å²) in [5.41, 5.74) is 3.27. The van der Waals surface area contributed by atoms with Crippen LogP contribution >= 0.6 is 0 Å². The fourth-order valence-corrected chi connectivity index (χ4v) is 5.58. The van der Waals surface area contributed by atoms with E-state index < -0.39 is 0 Å². The Hall–Kier alpha value is -1.11.